The molecular weight excluding hydrogens is 349 g/mol. The molecule has 0 aromatic heterocycles. The number of hydrogen-bond acceptors (Lipinski definition) is 6. The summed E-state index contributed by atoms with van der Waals surface area (Å²) in [5.41, 5.74) is 0. The van der Waals surface area contributed by atoms with Gasteiger partial charge in [0, 0.05) is 6.42 Å². The Bertz CT molecular complexity index is 412. The van der Waals surface area contributed by atoms with Gasteiger partial charge in [0.15, 0.2) is 0 Å². The number of ether oxygens (including phenoxy) is 1. The maximum Gasteiger partial charge on any atom is 0.472 e. The molecule has 0 aromatic carbocycles. The molecule has 9 heteroatoms. The SMILES string of the molecule is CCCCCCCC(=O)OC[C@H](CO)OP(=O)(O)OCC[N+](C)(C)C. The maximum atomic E-state index is 11.8. The molecule has 0 aliphatic carbocycles. The Morgan fingerprint density at radius 3 is 2.36 bits per heavy atom. The Kier molecular flexibility index (Phi) is 12.5. The molecule has 0 spiro atoms. The third-order valence-electron chi connectivity index (χ3n) is 3.42. The standard InChI is InChI=1S/C16H34NO7P/c1-5-6-7-8-9-10-16(19)22-14-15(13-18)24-25(20,21)23-12-11-17(2,3)4/h15,18H,5-14H2,1-4H3/p+1/t15-/m0/s1. The molecule has 0 amide bonds. The highest BCUT2D eigenvalue weighted by Gasteiger charge is 2.28. The van der Waals surface area contributed by atoms with Crippen LogP contribution in [0.4, 0.5) is 0 Å². The molecule has 25 heavy (non-hydrogen) atoms. The monoisotopic (exact) mass is 384 g/mol. The fourth-order valence-corrected chi connectivity index (χ4v) is 2.77. The minimum atomic E-state index is -4.31. The second-order valence-corrected chi connectivity index (χ2v) is 8.48. The molecule has 2 atom stereocenters. The average Bonchev–Trinajstić information content (AvgIpc) is 2.49. The summed E-state index contributed by atoms with van der Waals surface area (Å²) in [5, 5.41) is 9.22. The number of unbranched alkanes of at least 4 members (excludes halogenated alkanes) is 4. The summed E-state index contributed by atoms with van der Waals surface area (Å²) >= 11 is 0. The first kappa shape index (κ1) is 24.5. The third-order valence-corrected chi connectivity index (χ3v) is 4.49. The lowest BCUT2D eigenvalue weighted by atomic mass is 10.1. The van der Waals surface area contributed by atoms with Gasteiger partial charge in [-0.2, -0.15) is 0 Å². The van der Waals surface area contributed by atoms with Gasteiger partial charge in [-0.05, 0) is 6.42 Å². The average molecular weight is 384 g/mol. The molecule has 150 valence electrons. The summed E-state index contributed by atoms with van der Waals surface area (Å²) in [5.74, 6) is -0.405. The largest absolute Gasteiger partial charge is 0.472 e. The summed E-state index contributed by atoms with van der Waals surface area (Å²) in [7, 11) is 1.46. The van der Waals surface area contributed by atoms with Crippen molar-refractivity contribution in [1.29, 1.82) is 0 Å². The van der Waals surface area contributed by atoms with Gasteiger partial charge in [0.05, 0.1) is 27.7 Å². The second-order valence-electron chi connectivity index (χ2n) is 7.07. The molecule has 0 aliphatic rings. The molecule has 0 bridgehead atoms. The van der Waals surface area contributed by atoms with Crippen LogP contribution in [0.15, 0.2) is 0 Å². The fraction of sp³-hybridized carbons (Fsp3) is 0.938. The van der Waals surface area contributed by atoms with E-state index in [-0.39, 0.29) is 13.2 Å². The van der Waals surface area contributed by atoms with Crippen LogP contribution < -0.4 is 0 Å². The van der Waals surface area contributed by atoms with E-state index in [2.05, 4.69) is 6.92 Å². The summed E-state index contributed by atoms with van der Waals surface area (Å²) in [6.45, 7) is 1.84. The smallest absolute Gasteiger partial charge is 0.463 e. The Hall–Kier alpha value is -0.500. The molecule has 0 fully saturated rings. The van der Waals surface area contributed by atoms with Gasteiger partial charge in [-0.15, -0.1) is 0 Å². The van der Waals surface area contributed by atoms with Crippen LogP contribution in [-0.2, 0) is 23.1 Å². The number of phosphoric ester groups is 1. The van der Waals surface area contributed by atoms with Gasteiger partial charge < -0.3 is 19.2 Å². The van der Waals surface area contributed by atoms with E-state index in [1.165, 1.54) is 0 Å². The predicted molar refractivity (Wildman–Crippen MR) is 95.0 cm³/mol. The van der Waals surface area contributed by atoms with Crippen LogP contribution in [0, 0.1) is 0 Å². The highest BCUT2D eigenvalue weighted by atomic mass is 31.2. The van der Waals surface area contributed by atoms with Gasteiger partial charge in [-0.1, -0.05) is 32.6 Å². The summed E-state index contributed by atoms with van der Waals surface area (Å²) in [4.78, 5) is 21.3. The molecule has 0 rings (SSSR count). The maximum absolute atomic E-state index is 11.8. The number of rotatable bonds is 15. The van der Waals surface area contributed by atoms with Crippen LogP contribution in [0.1, 0.15) is 45.4 Å². The lowest BCUT2D eigenvalue weighted by molar-refractivity contribution is -0.870. The molecule has 0 radical (unpaired) electrons. The van der Waals surface area contributed by atoms with Crippen molar-refractivity contribution < 1.29 is 37.6 Å². The van der Waals surface area contributed by atoms with E-state index in [0.29, 0.717) is 17.4 Å². The summed E-state index contributed by atoms with van der Waals surface area (Å²) in [6.07, 6.45) is 4.28. The van der Waals surface area contributed by atoms with E-state index in [1.54, 1.807) is 0 Å². The zero-order valence-corrected chi connectivity index (χ0v) is 16.9. The number of carbonyl (C=O) groups excluding carboxylic acids is 1. The molecule has 0 saturated carbocycles. The van der Waals surface area contributed by atoms with Crippen LogP contribution in [0.5, 0.6) is 0 Å². The van der Waals surface area contributed by atoms with Gasteiger partial charge in [0.25, 0.3) is 0 Å². The molecular formula is C16H35NO7P+. The molecule has 1 unspecified atom stereocenters. The number of likely N-dealkylation sites (N-methyl/N-ethyl adjacent to an activating group) is 1. The van der Waals surface area contributed by atoms with Crippen molar-refractivity contribution in [3.05, 3.63) is 0 Å². The van der Waals surface area contributed by atoms with E-state index >= 15 is 0 Å². The summed E-state index contributed by atoms with van der Waals surface area (Å²) < 4.78 is 27.1. The van der Waals surface area contributed by atoms with Crippen molar-refractivity contribution in [2.75, 3.05) is 47.5 Å². The van der Waals surface area contributed by atoms with E-state index in [4.69, 9.17) is 13.8 Å². The topological polar surface area (TPSA) is 102 Å². The highest BCUT2D eigenvalue weighted by Crippen LogP contribution is 2.44. The number of carbonyl (C=O) groups is 1. The molecule has 8 nitrogen and oxygen atoms in total. The minimum absolute atomic E-state index is 0.0347. The van der Waals surface area contributed by atoms with Crippen LogP contribution in [-0.4, -0.2) is 74.1 Å². The Balaban J connectivity index is 4.06. The Morgan fingerprint density at radius 2 is 1.80 bits per heavy atom. The Labute approximate surface area is 151 Å². The number of nitrogens with zero attached hydrogens (tertiary/aromatic N) is 1. The van der Waals surface area contributed by atoms with Crippen molar-refractivity contribution in [3.63, 3.8) is 0 Å². The first-order chi connectivity index (χ1) is 11.6. The Morgan fingerprint density at radius 1 is 1.16 bits per heavy atom. The lowest BCUT2D eigenvalue weighted by Crippen LogP contribution is -2.37. The van der Waals surface area contributed by atoms with E-state index in [0.717, 1.165) is 32.1 Å². The van der Waals surface area contributed by atoms with Crippen LogP contribution >= 0.6 is 7.82 Å². The van der Waals surface area contributed by atoms with Crippen molar-refractivity contribution in [1.82, 2.24) is 0 Å². The number of aliphatic hydroxyl groups is 1. The fourth-order valence-electron chi connectivity index (χ4n) is 1.90. The number of hydrogen-bond donors (Lipinski definition) is 2. The first-order valence-electron chi connectivity index (χ1n) is 8.82. The number of aliphatic hydroxyl groups excluding tert-OH is 1. The van der Waals surface area contributed by atoms with Crippen LogP contribution in [0.25, 0.3) is 0 Å². The van der Waals surface area contributed by atoms with Gasteiger partial charge in [-0.25, -0.2) is 4.57 Å². The molecule has 0 aliphatic heterocycles. The molecule has 2 N–H and O–H groups in total. The van der Waals surface area contributed by atoms with Gasteiger partial charge in [0.1, 0.15) is 25.9 Å². The van der Waals surface area contributed by atoms with Gasteiger partial charge in [0.2, 0.25) is 0 Å². The van der Waals surface area contributed by atoms with Gasteiger partial charge in [-0.3, -0.25) is 13.8 Å². The van der Waals surface area contributed by atoms with Crippen LogP contribution in [0.2, 0.25) is 0 Å². The zero-order valence-electron chi connectivity index (χ0n) is 16.0. The zero-order chi connectivity index (χ0) is 19.3. The highest BCUT2D eigenvalue weighted by molar-refractivity contribution is 7.47. The molecule has 0 aromatic rings. The van der Waals surface area contributed by atoms with Crippen LogP contribution in [0.3, 0.4) is 0 Å². The van der Waals surface area contributed by atoms with Crippen molar-refractivity contribution in [2.45, 2.75) is 51.6 Å². The van der Waals surface area contributed by atoms with E-state index < -0.39 is 26.5 Å². The lowest BCUT2D eigenvalue weighted by Gasteiger charge is -2.24. The quantitative estimate of drug-likeness (QED) is 0.193. The number of quaternary nitrogens is 1. The first-order valence-corrected chi connectivity index (χ1v) is 10.3. The van der Waals surface area contributed by atoms with Gasteiger partial charge >= 0.3 is 13.8 Å². The predicted octanol–water partition coefficient (Wildman–Crippen LogP) is 2.09. The third kappa shape index (κ3) is 15.5. The van der Waals surface area contributed by atoms with Crippen molar-refractivity contribution in [3.8, 4) is 0 Å². The molecule has 0 heterocycles. The summed E-state index contributed by atoms with van der Waals surface area (Å²) in [6, 6.07) is 0. The molecule has 0 saturated heterocycles. The second kappa shape index (κ2) is 12.8. The number of phosphoric acid groups is 1. The number of esters is 1. The van der Waals surface area contributed by atoms with Crippen molar-refractivity contribution in [2.24, 2.45) is 0 Å². The van der Waals surface area contributed by atoms with E-state index in [9.17, 15) is 19.4 Å². The minimum Gasteiger partial charge on any atom is -0.463 e. The van der Waals surface area contributed by atoms with E-state index in [1.807, 2.05) is 21.1 Å². The van der Waals surface area contributed by atoms with Crippen molar-refractivity contribution >= 4 is 13.8 Å². The normalized spacial score (nSPS) is 15.6.